The molecule has 0 radical (unpaired) electrons. The summed E-state index contributed by atoms with van der Waals surface area (Å²) in [4.78, 5) is 0. The zero-order valence-corrected chi connectivity index (χ0v) is 12.8. The maximum Gasteiger partial charge on any atom is 0.145 e. The predicted octanol–water partition coefficient (Wildman–Crippen LogP) is 4.34. The number of hydrogen-bond donors (Lipinski definition) is 1. The van der Waals surface area contributed by atoms with E-state index in [1.807, 2.05) is 0 Å². The predicted molar refractivity (Wildman–Crippen MR) is 77.0 cm³/mol. The first-order valence-corrected chi connectivity index (χ1v) is 8.24. The number of benzene rings is 1. The molecule has 20 heavy (non-hydrogen) atoms. The van der Waals surface area contributed by atoms with Gasteiger partial charge in [0.1, 0.15) is 11.6 Å². The van der Waals surface area contributed by atoms with Gasteiger partial charge < -0.3 is 5.73 Å². The molecule has 0 spiro atoms. The minimum absolute atomic E-state index is 0.115. The molecule has 4 rings (SSSR count). The van der Waals surface area contributed by atoms with Crippen LogP contribution in [0.3, 0.4) is 0 Å². The largest absolute Gasteiger partial charge is 0.321 e. The summed E-state index contributed by atoms with van der Waals surface area (Å²) in [6, 6.07) is 2.75. The maximum atomic E-state index is 14.5. The smallest absolute Gasteiger partial charge is 0.145 e. The van der Waals surface area contributed by atoms with Crippen LogP contribution in [0, 0.1) is 35.3 Å². The van der Waals surface area contributed by atoms with Crippen LogP contribution in [0.15, 0.2) is 16.6 Å². The molecule has 0 heterocycles. The highest BCUT2D eigenvalue weighted by molar-refractivity contribution is 9.10. The molecule has 1 nitrogen and oxygen atoms in total. The molecule has 0 aliphatic heterocycles. The Balaban J connectivity index is 1.82. The fraction of sp³-hybridized carbons (Fsp3) is 0.625. The standard InChI is InChI=1S/C16H18BrF2N/c17-12-4-5-13(18)14(15(12)19)16(20)7-8-6-11(16)10-3-1-2-9(8)10/h4-5,8-11H,1-3,6-7,20H2. The minimum Gasteiger partial charge on any atom is -0.321 e. The molecule has 2 N–H and O–H groups in total. The molecule has 108 valence electrons. The summed E-state index contributed by atoms with van der Waals surface area (Å²) in [5.74, 6) is 1.16. The number of nitrogens with two attached hydrogens (primary N) is 1. The van der Waals surface area contributed by atoms with Gasteiger partial charge in [0.2, 0.25) is 0 Å². The van der Waals surface area contributed by atoms with Gasteiger partial charge in [0.15, 0.2) is 0 Å². The summed E-state index contributed by atoms with van der Waals surface area (Å²) < 4.78 is 29.0. The zero-order chi connectivity index (χ0) is 14.1. The normalized spacial score (nSPS) is 42.2. The summed E-state index contributed by atoms with van der Waals surface area (Å²) in [5, 5.41) is 0. The highest BCUT2D eigenvalue weighted by Crippen LogP contribution is 2.64. The van der Waals surface area contributed by atoms with Crippen molar-refractivity contribution in [2.75, 3.05) is 0 Å². The number of halogens is 3. The summed E-state index contributed by atoms with van der Waals surface area (Å²) in [6.45, 7) is 0. The average molecular weight is 342 g/mol. The Morgan fingerprint density at radius 1 is 1.20 bits per heavy atom. The Bertz CT molecular complexity index is 576. The molecule has 3 fully saturated rings. The van der Waals surface area contributed by atoms with Crippen molar-refractivity contribution in [3.63, 3.8) is 0 Å². The Morgan fingerprint density at radius 3 is 2.75 bits per heavy atom. The van der Waals surface area contributed by atoms with Crippen LogP contribution in [-0.4, -0.2) is 0 Å². The quantitative estimate of drug-likeness (QED) is 0.755. The van der Waals surface area contributed by atoms with Crippen molar-refractivity contribution in [3.05, 3.63) is 33.8 Å². The molecule has 3 saturated carbocycles. The first-order valence-electron chi connectivity index (χ1n) is 7.45. The summed E-state index contributed by atoms with van der Waals surface area (Å²) in [7, 11) is 0. The van der Waals surface area contributed by atoms with Crippen LogP contribution in [0.1, 0.15) is 37.7 Å². The average Bonchev–Trinajstić information content (AvgIpc) is 3.05. The van der Waals surface area contributed by atoms with Crippen LogP contribution >= 0.6 is 15.9 Å². The zero-order valence-electron chi connectivity index (χ0n) is 11.2. The Morgan fingerprint density at radius 2 is 1.95 bits per heavy atom. The van der Waals surface area contributed by atoms with Gasteiger partial charge in [0.25, 0.3) is 0 Å². The second-order valence-corrected chi connectivity index (χ2v) is 7.68. The molecule has 4 heteroatoms. The van der Waals surface area contributed by atoms with Gasteiger partial charge in [0, 0.05) is 5.56 Å². The number of fused-ring (bicyclic) bond motifs is 5. The summed E-state index contributed by atoms with van der Waals surface area (Å²) in [6.07, 6.45) is 5.51. The van der Waals surface area contributed by atoms with Crippen molar-refractivity contribution < 1.29 is 8.78 Å². The van der Waals surface area contributed by atoms with Gasteiger partial charge >= 0.3 is 0 Å². The van der Waals surface area contributed by atoms with Gasteiger partial charge in [-0.1, -0.05) is 6.42 Å². The van der Waals surface area contributed by atoms with Crippen LogP contribution in [-0.2, 0) is 5.54 Å². The van der Waals surface area contributed by atoms with E-state index in [1.54, 1.807) is 0 Å². The van der Waals surface area contributed by atoms with Gasteiger partial charge in [0.05, 0.1) is 10.0 Å². The van der Waals surface area contributed by atoms with Crippen LogP contribution in [0.4, 0.5) is 8.78 Å². The van der Waals surface area contributed by atoms with E-state index >= 15 is 0 Å². The maximum absolute atomic E-state index is 14.5. The highest BCUT2D eigenvalue weighted by Gasteiger charge is 2.61. The van der Waals surface area contributed by atoms with Gasteiger partial charge in [-0.25, -0.2) is 8.78 Å². The second-order valence-electron chi connectivity index (χ2n) is 6.82. The van der Waals surface area contributed by atoms with E-state index in [-0.39, 0.29) is 11.5 Å². The minimum atomic E-state index is -0.811. The van der Waals surface area contributed by atoms with Gasteiger partial charge in [-0.2, -0.15) is 0 Å². The molecule has 3 aliphatic rings. The Labute approximate surface area is 126 Å². The van der Waals surface area contributed by atoms with Crippen molar-refractivity contribution in [2.24, 2.45) is 29.4 Å². The molecular formula is C16H18BrF2N. The molecule has 1 aromatic carbocycles. The molecule has 0 saturated heterocycles. The fourth-order valence-corrected chi connectivity index (χ4v) is 5.76. The number of rotatable bonds is 1. The lowest BCUT2D eigenvalue weighted by atomic mass is 9.68. The van der Waals surface area contributed by atoms with Crippen molar-refractivity contribution in [1.82, 2.24) is 0 Å². The third kappa shape index (κ3) is 1.55. The lowest BCUT2D eigenvalue weighted by Crippen LogP contribution is -2.47. The van der Waals surface area contributed by atoms with Gasteiger partial charge in [-0.05, 0) is 77.4 Å². The van der Waals surface area contributed by atoms with Crippen molar-refractivity contribution in [2.45, 2.75) is 37.6 Å². The topological polar surface area (TPSA) is 26.0 Å². The van der Waals surface area contributed by atoms with Crippen molar-refractivity contribution >= 4 is 15.9 Å². The highest BCUT2D eigenvalue weighted by atomic mass is 79.9. The van der Waals surface area contributed by atoms with Gasteiger partial charge in [-0.15, -0.1) is 0 Å². The fourth-order valence-electron chi connectivity index (χ4n) is 5.43. The van der Waals surface area contributed by atoms with E-state index in [2.05, 4.69) is 15.9 Å². The molecule has 5 atom stereocenters. The Hall–Kier alpha value is -0.480. The Kier molecular flexibility index (Phi) is 2.81. The van der Waals surface area contributed by atoms with Crippen LogP contribution in [0.2, 0.25) is 0 Å². The first kappa shape index (κ1) is 13.2. The third-order valence-corrected chi connectivity index (χ3v) is 6.69. The SMILES string of the molecule is NC1(c2c(F)ccc(Br)c2F)CC2CC1C1CCCC21. The summed E-state index contributed by atoms with van der Waals surface area (Å²) in [5.41, 5.74) is 5.90. The van der Waals surface area contributed by atoms with Crippen molar-refractivity contribution in [3.8, 4) is 0 Å². The lowest BCUT2D eigenvalue weighted by Gasteiger charge is -2.40. The van der Waals surface area contributed by atoms with E-state index in [0.717, 1.165) is 18.8 Å². The molecule has 1 aromatic rings. The molecule has 0 aromatic heterocycles. The van der Waals surface area contributed by atoms with E-state index in [1.165, 1.54) is 31.4 Å². The molecule has 3 aliphatic carbocycles. The van der Waals surface area contributed by atoms with E-state index in [0.29, 0.717) is 16.3 Å². The van der Waals surface area contributed by atoms with Crippen LogP contribution in [0.5, 0.6) is 0 Å². The van der Waals surface area contributed by atoms with E-state index in [4.69, 9.17) is 5.73 Å². The molecule has 2 bridgehead atoms. The van der Waals surface area contributed by atoms with Gasteiger partial charge in [-0.3, -0.25) is 0 Å². The van der Waals surface area contributed by atoms with Crippen LogP contribution < -0.4 is 5.73 Å². The molecule has 5 unspecified atom stereocenters. The molecular weight excluding hydrogens is 324 g/mol. The van der Waals surface area contributed by atoms with Crippen LogP contribution in [0.25, 0.3) is 0 Å². The van der Waals surface area contributed by atoms with E-state index in [9.17, 15) is 8.78 Å². The number of hydrogen-bond acceptors (Lipinski definition) is 1. The second kappa shape index (κ2) is 4.26. The monoisotopic (exact) mass is 341 g/mol. The summed E-state index contributed by atoms with van der Waals surface area (Å²) >= 11 is 3.16. The lowest BCUT2D eigenvalue weighted by molar-refractivity contribution is 0.149. The third-order valence-electron chi connectivity index (χ3n) is 6.07. The first-order chi connectivity index (χ1) is 9.52. The van der Waals surface area contributed by atoms with Crippen molar-refractivity contribution in [1.29, 1.82) is 0 Å². The molecule has 0 amide bonds. The van der Waals surface area contributed by atoms with E-state index < -0.39 is 17.2 Å².